The van der Waals surface area contributed by atoms with Crippen LogP contribution in [0.3, 0.4) is 0 Å². The predicted molar refractivity (Wildman–Crippen MR) is 101 cm³/mol. The maximum Gasteiger partial charge on any atom is 0.340 e. The Morgan fingerprint density at radius 1 is 1.04 bits per heavy atom. The zero-order valence-corrected chi connectivity index (χ0v) is 16.6. The summed E-state index contributed by atoms with van der Waals surface area (Å²) in [5.41, 5.74) is 0.371. The van der Waals surface area contributed by atoms with E-state index in [1.165, 1.54) is 64.8 Å². The van der Waals surface area contributed by atoms with Gasteiger partial charge in [-0.25, -0.2) is 13.2 Å². The highest BCUT2D eigenvalue weighted by molar-refractivity contribution is 7.89. The molecule has 2 rings (SSSR count). The third kappa shape index (κ3) is 4.47. The van der Waals surface area contributed by atoms with Gasteiger partial charge in [0.05, 0.1) is 37.5 Å². The number of sulfonamides is 1. The summed E-state index contributed by atoms with van der Waals surface area (Å²) in [6, 6.07) is 9.91. The van der Waals surface area contributed by atoms with Gasteiger partial charge < -0.3 is 14.8 Å². The molecule has 9 nitrogen and oxygen atoms in total. The Balaban J connectivity index is 2.37. The van der Waals surface area contributed by atoms with Crippen molar-refractivity contribution >= 4 is 27.6 Å². The molecule has 28 heavy (non-hydrogen) atoms. The Morgan fingerprint density at radius 3 is 2.36 bits per heavy atom. The first-order valence-electron chi connectivity index (χ1n) is 7.95. The van der Waals surface area contributed by atoms with E-state index in [1.54, 1.807) is 6.07 Å². The maximum absolute atomic E-state index is 12.6. The van der Waals surface area contributed by atoms with Crippen molar-refractivity contribution in [3.8, 4) is 5.75 Å². The van der Waals surface area contributed by atoms with Gasteiger partial charge in [-0.3, -0.25) is 9.63 Å². The number of hydrogen-bond donors (Lipinski definition) is 1. The van der Waals surface area contributed by atoms with Gasteiger partial charge in [-0.2, -0.15) is 0 Å². The molecule has 2 aromatic carbocycles. The molecule has 0 unspecified atom stereocenters. The molecule has 10 heteroatoms. The van der Waals surface area contributed by atoms with E-state index in [1.807, 2.05) is 0 Å². The zero-order valence-electron chi connectivity index (χ0n) is 15.8. The van der Waals surface area contributed by atoms with Crippen LogP contribution in [0.5, 0.6) is 5.75 Å². The predicted octanol–water partition coefficient (Wildman–Crippen LogP) is 1.92. The summed E-state index contributed by atoms with van der Waals surface area (Å²) < 4.78 is 35.2. The number of benzene rings is 2. The van der Waals surface area contributed by atoms with Crippen molar-refractivity contribution in [3.05, 3.63) is 53.6 Å². The summed E-state index contributed by atoms with van der Waals surface area (Å²) >= 11 is 0. The van der Waals surface area contributed by atoms with Gasteiger partial charge in [0.15, 0.2) is 0 Å². The summed E-state index contributed by atoms with van der Waals surface area (Å²) in [6.07, 6.45) is 0. The summed E-state index contributed by atoms with van der Waals surface area (Å²) in [5, 5.41) is 2.58. The van der Waals surface area contributed by atoms with Crippen molar-refractivity contribution in [2.75, 3.05) is 33.7 Å². The molecule has 0 atom stereocenters. The first-order valence-corrected chi connectivity index (χ1v) is 9.39. The van der Waals surface area contributed by atoms with Gasteiger partial charge in [-0.05, 0) is 36.4 Å². The topological polar surface area (TPSA) is 111 Å². The van der Waals surface area contributed by atoms with Gasteiger partial charge in [-0.1, -0.05) is 10.5 Å². The molecule has 2 aromatic rings. The standard InChI is InChI=1S/C18H20N2O7S/c1-20(27-4)28(23,24)14-7-5-6-12(10-14)17(21)19-16-9-8-13(25-2)11-15(16)18(22)26-3/h5-11H,1-4H3,(H,19,21). The normalized spacial score (nSPS) is 11.2. The van der Waals surface area contributed by atoms with Gasteiger partial charge in [0.2, 0.25) is 0 Å². The van der Waals surface area contributed by atoms with Gasteiger partial charge in [0, 0.05) is 12.6 Å². The van der Waals surface area contributed by atoms with Gasteiger partial charge in [0.25, 0.3) is 15.9 Å². The van der Waals surface area contributed by atoms with Crippen LogP contribution in [0.2, 0.25) is 0 Å². The molecule has 0 aliphatic rings. The third-order valence-corrected chi connectivity index (χ3v) is 5.55. The van der Waals surface area contributed by atoms with Gasteiger partial charge in [-0.15, -0.1) is 0 Å². The van der Waals surface area contributed by atoms with E-state index in [2.05, 4.69) is 5.32 Å². The van der Waals surface area contributed by atoms with E-state index in [0.29, 0.717) is 10.2 Å². The SMILES string of the molecule is COC(=O)c1cc(OC)ccc1NC(=O)c1cccc(S(=O)(=O)N(C)OC)c1. The minimum absolute atomic E-state index is 0.0808. The molecule has 150 valence electrons. The molecule has 0 saturated heterocycles. The molecule has 1 amide bonds. The minimum atomic E-state index is -3.91. The molecule has 0 radical (unpaired) electrons. The summed E-state index contributed by atoms with van der Waals surface area (Å²) in [6.45, 7) is 0. The first kappa shape index (κ1) is 21.4. The number of carbonyl (C=O) groups is 2. The molecule has 0 aliphatic heterocycles. The monoisotopic (exact) mass is 408 g/mol. The van der Waals surface area contributed by atoms with E-state index in [9.17, 15) is 18.0 Å². The number of esters is 1. The molecular formula is C18H20N2O7S. The van der Waals surface area contributed by atoms with Crippen LogP contribution in [0.1, 0.15) is 20.7 Å². The largest absolute Gasteiger partial charge is 0.497 e. The number of amides is 1. The Kier molecular flexibility index (Phi) is 6.73. The lowest BCUT2D eigenvalue weighted by Crippen LogP contribution is -2.26. The Hall–Kier alpha value is -2.95. The van der Waals surface area contributed by atoms with E-state index in [0.717, 1.165) is 0 Å². The second kappa shape index (κ2) is 8.83. The highest BCUT2D eigenvalue weighted by Gasteiger charge is 2.22. The highest BCUT2D eigenvalue weighted by Crippen LogP contribution is 2.24. The fourth-order valence-corrected chi connectivity index (χ4v) is 3.30. The summed E-state index contributed by atoms with van der Waals surface area (Å²) in [4.78, 5) is 29.2. The molecule has 0 aromatic heterocycles. The molecular weight excluding hydrogens is 388 g/mol. The van der Waals surface area contributed by atoms with Crippen LogP contribution in [-0.4, -0.2) is 53.1 Å². The van der Waals surface area contributed by atoms with E-state index in [4.69, 9.17) is 14.3 Å². The average molecular weight is 408 g/mol. The van der Waals surface area contributed by atoms with Crippen molar-refractivity contribution in [2.45, 2.75) is 4.90 Å². The lowest BCUT2D eigenvalue weighted by Gasteiger charge is -2.15. The molecule has 0 saturated carbocycles. The van der Waals surface area contributed by atoms with E-state index in [-0.39, 0.29) is 21.7 Å². The second-order valence-electron chi connectivity index (χ2n) is 5.48. The number of hydroxylamine groups is 1. The van der Waals surface area contributed by atoms with Crippen molar-refractivity contribution in [1.29, 1.82) is 0 Å². The van der Waals surface area contributed by atoms with Gasteiger partial charge in [0.1, 0.15) is 5.75 Å². The quantitative estimate of drug-likeness (QED) is 0.550. The average Bonchev–Trinajstić information content (AvgIpc) is 2.72. The van der Waals surface area contributed by atoms with Crippen LogP contribution in [0.15, 0.2) is 47.4 Å². The Morgan fingerprint density at radius 2 is 1.75 bits per heavy atom. The van der Waals surface area contributed by atoms with Crippen molar-refractivity contribution < 1.29 is 32.3 Å². The Labute approximate surface area is 162 Å². The third-order valence-electron chi connectivity index (χ3n) is 3.87. The highest BCUT2D eigenvalue weighted by atomic mass is 32.2. The van der Waals surface area contributed by atoms with Crippen molar-refractivity contribution in [3.63, 3.8) is 0 Å². The lowest BCUT2D eigenvalue weighted by molar-refractivity contribution is -0.0258. The molecule has 1 N–H and O–H groups in total. The molecule has 0 bridgehead atoms. The molecule has 0 spiro atoms. The summed E-state index contributed by atoms with van der Waals surface area (Å²) in [5.74, 6) is -0.853. The minimum Gasteiger partial charge on any atom is -0.497 e. The number of methoxy groups -OCH3 is 2. The van der Waals surface area contributed by atoms with Crippen LogP contribution in [0, 0.1) is 0 Å². The fourth-order valence-electron chi connectivity index (χ4n) is 2.28. The maximum atomic E-state index is 12.6. The van der Waals surface area contributed by atoms with Crippen molar-refractivity contribution in [2.24, 2.45) is 0 Å². The molecule has 0 aliphatic carbocycles. The fraction of sp³-hybridized carbons (Fsp3) is 0.222. The number of nitrogens with one attached hydrogen (secondary N) is 1. The number of anilines is 1. The zero-order chi connectivity index (χ0) is 20.9. The summed E-state index contributed by atoms with van der Waals surface area (Å²) in [7, 11) is 1.20. The first-order chi connectivity index (χ1) is 13.2. The molecule has 0 fully saturated rings. The number of ether oxygens (including phenoxy) is 2. The van der Waals surface area contributed by atoms with Crippen LogP contribution in [-0.2, 0) is 19.6 Å². The van der Waals surface area contributed by atoms with Crippen LogP contribution < -0.4 is 10.1 Å². The number of carbonyl (C=O) groups excluding carboxylic acids is 2. The lowest BCUT2D eigenvalue weighted by atomic mass is 10.1. The van der Waals surface area contributed by atoms with Crippen molar-refractivity contribution in [1.82, 2.24) is 4.47 Å². The Bertz CT molecular complexity index is 989. The number of hydrogen-bond acceptors (Lipinski definition) is 7. The van der Waals surface area contributed by atoms with E-state index >= 15 is 0 Å². The number of rotatable bonds is 7. The number of nitrogens with zero attached hydrogens (tertiary/aromatic N) is 1. The molecule has 0 heterocycles. The van der Waals surface area contributed by atoms with Crippen LogP contribution in [0.4, 0.5) is 5.69 Å². The smallest absolute Gasteiger partial charge is 0.340 e. The second-order valence-corrected chi connectivity index (χ2v) is 7.42. The van der Waals surface area contributed by atoms with Gasteiger partial charge >= 0.3 is 5.97 Å². The van der Waals surface area contributed by atoms with Crippen LogP contribution in [0.25, 0.3) is 0 Å². The van der Waals surface area contributed by atoms with E-state index < -0.39 is 21.9 Å². The van der Waals surface area contributed by atoms with Crippen LogP contribution >= 0.6 is 0 Å².